The van der Waals surface area contributed by atoms with Crippen LogP contribution in [-0.2, 0) is 9.31 Å². The first-order chi connectivity index (χ1) is 22.7. The maximum absolute atomic E-state index is 6.90. The second-order valence-electron chi connectivity index (χ2n) is 13.4. The summed E-state index contributed by atoms with van der Waals surface area (Å²) in [5.74, 6) is 0. The Hall–Kier alpha value is -5.10. The van der Waals surface area contributed by atoms with E-state index in [9.17, 15) is 0 Å². The lowest BCUT2D eigenvalue weighted by Crippen LogP contribution is -2.41. The number of nitrogen functional groups attached to an aromatic ring is 1. The van der Waals surface area contributed by atoms with Gasteiger partial charge in [0.1, 0.15) is 0 Å². The summed E-state index contributed by atoms with van der Waals surface area (Å²) in [6.07, 6.45) is 0. The molecular formula is C42H37BN2O2. The van der Waals surface area contributed by atoms with Crippen molar-refractivity contribution in [3.63, 3.8) is 0 Å². The Kier molecular flexibility index (Phi) is 6.87. The summed E-state index contributed by atoms with van der Waals surface area (Å²) in [6, 6.07) is 49.3. The van der Waals surface area contributed by atoms with Gasteiger partial charge in [-0.25, -0.2) is 0 Å². The maximum atomic E-state index is 6.90. The predicted octanol–water partition coefficient (Wildman–Crippen LogP) is 9.67. The number of hydrogen-bond acceptors (Lipinski definition) is 3. The minimum atomic E-state index is -0.425. The zero-order valence-electron chi connectivity index (χ0n) is 27.2. The average Bonchev–Trinajstić information content (AvgIpc) is 3.53. The van der Waals surface area contributed by atoms with Crippen molar-refractivity contribution in [1.82, 2.24) is 4.57 Å². The van der Waals surface area contributed by atoms with Gasteiger partial charge in [0.05, 0.1) is 22.2 Å². The fourth-order valence-electron chi connectivity index (χ4n) is 6.86. The largest absolute Gasteiger partial charge is 0.494 e. The molecule has 0 radical (unpaired) electrons. The molecule has 2 N–H and O–H groups in total. The fraction of sp³-hybridized carbons (Fsp3) is 0.143. The molecular weight excluding hydrogens is 575 g/mol. The molecule has 5 heteroatoms. The van der Waals surface area contributed by atoms with Gasteiger partial charge >= 0.3 is 7.12 Å². The first kappa shape index (κ1) is 29.3. The highest BCUT2D eigenvalue weighted by Crippen LogP contribution is 2.45. The number of aromatic nitrogens is 1. The van der Waals surface area contributed by atoms with Crippen LogP contribution in [0.5, 0.6) is 0 Å². The minimum absolute atomic E-state index is 0.403. The fourth-order valence-corrected chi connectivity index (χ4v) is 6.86. The van der Waals surface area contributed by atoms with E-state index in [1.165, 1.54) is 21.8 Å². The monoisotopic (exact) mass is 612 g/mol. The molecule has 1 aliphatic heterocycles. The van der Waals surface area contributed by atoms with Crippen LogP contribution in [0.4, 0.5) is 5.69 Å². The molecule has 6 aromatic carbocycles. The molecule has 0 aliphatic carbocycles. The first-order valence-corrected chi connectivity index (χ1v) is 16.2. The smallest absolute Gasteiger partial charge is 0.399 e. The van der Waals surface area contributed by atoms with E-state index in [0.29, 0.717) is 0 Å². The van der Waals surface area contributed by atoms with E-state index in [1.807, 2.05) is 6.07 Å². The molecule has 4 nitrogen and oxygen atoms in total. The van der Waals surface area contributed by atoms with Crippen LogP contribution < -0.4 is 11.2 Å². The molecule has 7 aromatic rings. The van der Waals surface area contributed by atoms with Gasteiger partial charge in [-0.1, -0.05) is 103 Å². The number of rotatable bonds is 5. The van der Waals surface area contributed by atoms with Crippen molar-refractivity contribution < 1.29 is 9.31 Å². The van der Waals surface area contributed by atoms with Gasteiger partial charge in [-0.3, -0.25) is 0 Å². The van der Waals surface area contributed by atoms with Gasteiger partial charge in [0.15, 0.2) is 0 Å². The Morgan fingerprint density at radius 3 is 1.83 bits per heavy atom. The number of para-hydroxylation sites is 2. The SMILES string of the molecule is CC1(C)OB(c2ccc(-c3c(N)ccc(-c4ccccc4)c3-c3ccc4c(c3)c3ccccc3n4-c3ccccc3)cc2)OC1(C)C. The van der Waals surface area contributed by atoms with Crippen molar-refractivity contribution in [1.29, 1.82) is 0 Å². The average molecular weight is 613 g/mol. The van der Waals surface area contributed by atoms with Crippen LogP contribution >= 0.6 is 0 Å². The summed E-state index contributed by atoms with van der Waals surface area (Å²) < 4.78 is 15.0. The van der Waals surface area contributed by atoms with Crippen molar-refractivity contribution in [2.75, 3.05) is 5.73 Å². The van der Waals surface area contributed by atoms with Gasteiger partial charge in [0, 0.05) is 27.7 Å². The molecule has 1 aromatic heterocycles. The lowest BCUT2D eigenvalue weighted by atomic mass is 9.78. The molecule has 0 bridgehead atoms. The van der Waals surface area contributed by atoms with E-state index in [4.69, 9.17) is 15.0 Å². The second-order valence-corrected chi connectivity index (χ2v) is 13.4. The van der Waals surface area contributed by atoms with Crippen molar-refractivity contribution in [2.24, 2.45) is 0 Å². The van der Waals surface area contributed by atoms with Crippen molar-refractivity contribution in [2.45, 2.75) is 38.9 Å². The molecule has 1 saturated heterocycles. The lowest BCUT2D eigenvalue weighted by Gasteiger charge is -2.32. The normalized spacial score (nSPS) is 15.4. The molecule has 0 atom stereocenters. The van der Waals surface area contributed by atoms with E-state index in [1.54, 1.807) is 0 Å². The summed E-state index contributed by atoms with van der Waals surface area (Å²) in [7, 11) is -0.425. The number of fused-ring (bicyclic) bond motifs is 3. The van der Waals surface area contributed by atoms with Crippen LogP contribution in [-0.4, -0.2) is 22.9 Å². The highest BCUT2D eigenvalue weighted by molar-refractivity contribution is 6.62. The quantitative estimate of drug-likeness (QED) is 0.156. The number of nitrogens with two attached hydrogens (primary N) is 1. The van der Waals surface area contributed by atoms with Crippen molar-refractivity contribution in [3.05, 3.63) is 140 Å². The summed E-state index contributed by atoms with van der Waals surface area (Å²) in [6.45, 7) is 8.32. The van der Waals surface area contributed by atoms with Gasteiger partial charge in [0.25, 0.3) is 0 Å². The number of anilines is 1. The van der Waals surface area contributed by atoms with E-state index < -0.39 is 18.3 Å². The number of benzene rings is 6. The standard InChI is InChI=1S/C42H37BN2O2/c1-41(2)42(3,4)47-43(46-41)31-22-19-29(20-23-31)40-36(44)25-24-33(28-13-7-5-8-14-28)39(40)30-21-26-38-35(27-30)34-17-11-12-18-37(34)45(38)32-15-9-6-10-16-32/h5-27H,44H2,1-4H3. The lowest BCUT2D eigenvalue weighted by molar-refractivity contribution is 0.00578. The summed E-state index contributed by atoms with van der Waals surface area (Å²) >= 11 is 0. The molecule has 8 rings (SSSR count). The van der Waals surface area contributed by atoms with Crippen LogP contribution in [0.25, 0.3) is 60.9 Å². The Bertz CT molecular complexity index is 2240. The van der Waals surface area contributed by atoms with Gasteiger partial charge in [-0.15, -0.1) is 0 Å². The molecule has 0 amide bonds. The molecule has 2 heterocycles. The molecule has 0 spiro atoms. The zero-order chi connectivity index (χ0) is 32.3. The summed E-state index contributed by atoms with van der Waals surface area (Å²) in [4.78, 5) is 0. The molecule has 230 valence electrons. The highest BCUT2D eigenvalue weighted by atomic mass is 16.7. The van der Waals surface area contributed by atoms with E-state index in [2.05, 4.69) is 166 Å². The van der Waals surface area contributed by atoms with Crippen LogP contribution in [0.2, 0.25) is 0 Å². The Balaban J connectivity index is 1.33. The van der Waals surface area contributed by atoms with Gasteiger partial charge < -0.3 is 19.6 Å². The van der Waals surface area contributed by atoms with E-state index in [-0.39, 0.29) is 0 Å². The third-order valence-corrected chi connectivity index (χ3v) is 10.0. The minimum Gasteiger partial charge on any atom is -0.399 e. The topological polar surface area (TPSA) is 49.4 Å². The van der Waals surface area contributed by atoms with Gasteiger partial charge in [-0.05, 0) is 97.4 Å². The van der Waals surface area contributed by atoms with Crippen molar-refractivity contribution in [3.8, 4) is 39.1 Å². The molecule has 47 heavy (non-hydrogen) atoms. The van der Waals surface area contributed by atoms with Crippen LogP contribution in [0.1, 0.15) is 27.7 Å². The predicted molar refractivity (Wildman–Crippen MR) is 197 cm³/mol. The zero-order valence-corrected chi connectivity index (χ0v) is 27.2. The maximum Gasteiger partial charge on any atom is 0.494 e. The van der Waals surface area contributed by atoms with Crippen LogP contribution in [0.3, 0.4) is 0 Å². The molecule has 1 aliphatic rings. The third-order valence-electron chi connectivity index (χ3n) is 10.0. The van der Waals surface area contributed by atoms with E-state index >= 15 is 0 Å². The molecule has 1 fully saturated rings. The Morgan fingerprint density at radius 2 is 1.13 bits per heavy atom. The Morgan fingerprint density at radius 1 is 0.532 bits per heavy atom. The summed E-state index contributed by atoms with van der Waals surface area (Å²) in [5, 5.41) is 2.41. The second kappa shape index (κ2) is 11.0. The van der Waals surface area contributed by atoms with E-state index in [0.717, 1.165) is 50.2 Å². The van der Waals surface area contributed by atoms with Gasteiger partial charge in [-0.2, -0.15) is 0 Å². The number of hydrogen-bond donors (Lipinski definition) is 1. The summed E-state index contributed by atoms with van der Waals surface area (Å²) in [5.41, 5.74) is 17.9. The molecule has 0 unspecified atom stereocenters. The van der Waals surface area contributed by atoms with Crippen molar-refractivity contribution >= 4 is 40.1 Å². The number of nitrogens with zero attached hydrogens (tertiary/aromatic N) is 1. The molecule has 0 saturated carbocycles. The van der Waals surface area contributed by atoms with Crippen LogP contribution in [0, 0.1) is 0 Å². The first-order valence-electron chi connectivity index (χ1n) is 16.2. The Labute approximate surface area is 276 Å². The highest BCUT2D eigenvalue weighted by Gasteiger charge is 2.51. The van der Waals surface area contributed by atoms with Crippen LogP contribution in [0.15, 0.2) is 140 Å². The van der Waals surface area contributed by atoms with Gasteiger partial charge in [0.2, 0.25) is 0 Å². The third kappa shape index (κ3) is 4.86.